The number of carbonyl (C=O) groups excluding carboxylic acids is 1. The van der Waals surface area contributed by atoms with E-state index in [0.29, 0.717) is 44.7 Å². The van der Waals surface area contributed by atoms with Gasteiger partial charge in [0.25, 0.3) is 0 Å². The lowest BCUT2D eigenvalue weighted by Gasteiger charge is -2.36. The van der Waals surface area contributed by atoms with Crippen molar-refractivity contribution in [3.8, 4) is 34.7 Å². The van der Waals surface area contributed by atoms with Crippen LogP contribution >= 0.6 is 23.1 Å². The maximum Gasteiger partial charge on any atom is 0.235 e. The molecule has 208 valence electrons. The summed E-state index contributed by atoms with van der Waals surface area (Å²) in [6.45, 7) is 6.88. The fourth-order valence-electron chi connectivity index (χ4n) is 4.94. The van der Waals surface area contributed by atoms with Gasteiger partial charge in [0.1, 0.15) is 11.1 Å². The van der Waals surface area contributed by atoms with Gasteiger partial charge in [0.05, 0.1) is 32.6 Å². The van der Waals surface area contributed by atoms with Gasteiger partial charge in [-0.25, -0.2) is 0 Å². The summed E-state index contributed by atoms with van der Waals surface area (Å²) in [7, 11) is 6.51. The quantitative estimate of drug-likeness (QED) is 0.309. The molecule has 2 aromatic heterocycles. The monoisotopic (exact) mass is 569 g/mol. The van der Waals surface area contributed by atoms with Gasteiger partial charge < -0.3 is 24.1 Å². The smallest absolute Gasteiger partial charge is 0.235 e. The van der Waals surface area contributed by atoms with Crippen LogP contribution in [0.1, 0.15) is 49.6 Å². The van der Waals surface area contributed by atoms with Crippen molar-refractivity contribution < 1.29 is 19.0 Å². The third-order valence-electron chi connectivity index (χ3n) is 7.74. The number of hydrogen-bond donors (Lipinski definition) is 1. The zero-order valence-electron chi connectivity index (χ0n) is 23.5. The van der Waals surface area contributed by atoms with Crippen LogP contribution in [0, 0.1) is 22.7 Å². The highest BCUT2D eigenvalue weighted by Crippen LogP contribution is 2.45. The van der Waals surface area contributed by atoms with Gasteiger partial charge >= 0.3 is 0 Å². The highest BCUT2D eigenvalue weighted by Gasteiger charge is 2.34. The van der Waals surface area contributed by atoms with E-state index in [2.05, 4.69) is 42.4 Å². The predicted octanol–water partition coefficient (Wildman–Crippen LogP) is 5.71. The lowest BCUT2D eigenvalue weighted by molar-refractivity contribution is -0.113. The number of carbonyl (C=O) groups is 1. The third kappa shape index (κ3) is 5.72. The van der Waals surface area contributed by atoms with Crippen LogP contribution in [0.4, 0.5) is 5.00 Å². The molecule has 4 rings (SSSR count). The maximum absolute atomic E-state index is 12.9. The van der Waals surface area contributed by atoms with Crippen molar-refractivity contribution in [1.82, 2.24) is 14.8 Å². The molecule has 0 radical (unpaired) electrons. The molecule has 3 aromatic rings. The van der Waals surface area contributed by atoms with Crippen molar-refractivity contribution in [2.24, 2.45) is 18.4 Å². The molecule has 0 saturated carbocycles. The van der Waals surface area contributed by atoms with Crippen LogP contribution in [0.3, 0.4) is 0 Å². The Balaban J connectivity index is 1.46. The number of thiophene rings is 1. The number of anilines is 1. The molecule has 0 bridgehead atoms. The van der Waals surface area contributed by atoms with E-state index < -0.39 is 0 Å². The number of nitrogens with one attached hydrogen (secondary N) is 1. The molecule has 39 heavy (non-hydrogen) atoms. The first kappa shape index (κ1) is 28.8. The van der Waals surface area contributed by atoms with Crippen molar-refractivity contribution in [3.05, 3.63) is 28.1 Å². The lowest BCUT2D eigenvalue weighted by atomic mass is 9.69. The summed E-state index contributed by atoms with van der Waals surface area (Å²) < 4.78 is 18.1. The van der Waals surface area contributed by atoms with Gasteiger partial charge in [0, 0.05) is 17.5 Å². The van der Waals surface area contributed by atoms with Crippen LogP contribution in [0.15, 0.2) is 17.3 Å². The minimum atomic E-state index is -0.183. The average molecular weight is 570 g/mol. The summed E-state index contributed by atoms with van der Waals surface area (Å²) in [5.74, 6) is 2.65. The molecule has 1 amide bonds. The van der Waals surface area contributed by atoms with Gasteiger partial charge in [-0.05, 0) is 48.3 Å². The lowest BCUT2D eigenvalue weighted by Crippen LogP contribution is -2.28. The number of benzene rings is 1. The van der Waals surface area contributed by atoms with E-state index in [1.807, 2.05) is 11.6 Å². The zero-order chi connectivity index (χ0) is 28.3. The summed E-state index contributed by atoms with van der Waals surface area (Å²) in [6.07, 6.45) is 4.04. The number of aromatic nitrogens is 3. The Morgan fingerprint density at radius 1 is 1.23 bits per heavy atom. The number of nitriles is 1. The first-order valence-electron chi connectivity index (χ1n) is 12.8. The van der Waals surface area contributed by atoms with Crippen LogP contribution in [-0.4, -0.2) is 47.8 Å². The van der Waals surface area contributed by atoms with Crippen LogP contribution < -0.4 is 19.5 Å². The number of methoxy groups -OCH3 is 3. The molecule has 2 heterocycles. The van der Waals surface area contributed by atoms with Crippen LogP contribution in [0.25, 0.3) is 11.4 Å². The summed E-state index contributed by atoms with van der Waals surface area (Å²) in [6, 6.07) is 5.95. The Morgan fingerprint density at radius 2 is 1.92 bits per heavy atom. The maximum atomic E-state index is 12.9. The van der Waals surface area contributed by atoms with Gasteiger partial charge in [-0.2, -0.15) is 5.26 Å². The van der Waals surface area contributed by atoms with E-state index in [9.17, 15) is 10.1 Å². The van der Waals surface area contributed by atoms with Crippen molar-refractivity contribution in [3.63, 3.8) is 0 Å². The fraction of sp³-hybridized carbons (Fsp3) is 0.500. The number of nitrogens with zero attached hydrogens (tertiary/aromatic N) is 4. The average Bonchev–Trinajstić information content (AvgIpc) is 3.49. The second kappa shape index (κ2) is 11.9. The second-order valence-corrected chi connectivity index (χ2v) is 12.3. The summed E-state index contributed by atoms with van der Waals surface area (Å²) >= 11 is 2.83. The van der Waals surface area contributed by atoms with Crippen molar-refractivity contribution in [2.45, 2.75) is 51.6 Å². The molecule has 1 atom stereocenters. The molecule has 9 nitrogen and oxygen atoms in total. The Kier molecular flexibility index (Phi) is 8.76. The number of thioether (sulfide) groups is 1. The van der Waals surface area contributed by atoms with E-state index in [1.165, 1.54) is 16.6 Å². The van der Waals surface area contributed by atoms with Gasteiger partial charge in [0.15, 0.2) is 22.5 Å². The molecule has 1 aromatic carbocycles. The largest absolute Gasteiger partial charge is 0.493 e. The van der Waals surface area contributed by atoms with E-state index in [-0.39, 0.29) is 17.1 Å². The highest BCUT2D eigenvalue weighted by molar-refractivity contribution is 7.99. The Bertz CT molecular complexity index is 1380. The highest BCUT2D eigenvalue weighted by atomic mass is 32.2. The van der Waals surface area contributed by atoms with Crippen molar-refractivity contribution >= 4 is 34.0 Å². The van der Waals surface area contributed by atoms with Gasteiger partial charge in [-0.15, -0.1) is 21.5 Å². The fourth-order valence-corrected chi connectivity index (χ4v) is 6.95. The molecular formula is C28H35N5O4S2. The molecular weight excluding hydrogens is 534 g/mol. The van der Waals surface area contributed by atoms with Crippen LogP contribution in [-0.2, 0) is 24.7 Å². The van der Waals surface area contributed by atoms with Gasteiger partial charge in [-0.3, -0.25) is 4.79 Å². The molecule has 1 aliphatic carbocycles. The number of fused-ring (bicyclic) bond motifs is 1. The number of rotatable bonds is 10. The van der Waals surface area contributed by atoms with Crippen LogP contribution in [0.5, 0.6) is 17.2 Å². The molecule has 11 heteroatoms. The van der Waals surface area contributed by atoms with Crippen LogP contribution in [0.2, 0.25) is 0 Å². The van der Waals surface area contributed by atoms with Gasteiger partial charge in [-0.1, -0.05) is 39.0 Å². The minimum Gasteiger partial charge on any atom is -0.493 e. The SMILES string of the molecule is CCC(C)(C)C1CCc2c(sc(NC(=O)CSc3nnc(-c4cc(OC)c(OC)c(OC)c4)n3C)c2C#N)C1. The summed E-state index contributed by atoms with van der Waals surface area (Å²) in [5, 5.41) is 22.7. The van der Waals surface area contributed by atoms with E-state index >= 15 is 0 Å². The standard InChI is InChI=1S/C28H35N5O4S2/c1-8-28(2,3)17-9-10-18-19(14-29)26(39-22(18)13-17)30-23(34)15-38-27-32-31-25(33(27)4)16-11-20(35-5)24(37-7)21(12-16)36-6/h11-12,17H,8-10,13,15H2,1-7H3,(H,30,34). The van der Waals surface area contributed by atoms with E-state index in [0.717, 1.165) is 36.8 Å². The molecule has 1 N–H and O–H groups in total. The second-order valence-electron chi connectivity index (χ2n) is 10.2. The zero-order valence-corrected chi connectivity index (χ0v) is 25.1. The number of amides is 1. The molecule has 1 unspecified atom stereocenters. The first-order valence-corrected chi connectivity index (χ1v) is 14.6. The molecule has 0 aliphatic heterocycles. The van der Waals surface area contributed by atoms with Crippen molar-refractivity contribution in [1.29, 1.82) is 5.26 Å². The molecule has 0 saturated heterocycles. The first-order chi connectivity index (χ1) is 18.7. The normalized spacial score (nSPS) is 14.9. The predicted molar refractivity (Wildman–Crippen MR) is 154 cm³/mol. The third-order valence-corrected chi connectivity index (χ3v) is 9.93. The van der Waals surface area contributed by atoms with E-state index in [4.69, 9.17) is 14.2 Å². The molecule has 0 fully saturated rings. The summed E-state index contributed by atoms with van der Waals surface area (Å²) in [5.41, 5.74) is 2.72. The van der Waals surface area contributed by atoms with Gasteiger partial charge in [0.2, 0.25) is 11.7 Å². The van der Waals surface area contributed by atoms with E-state index in [1.54, 1.807) is 44.8 Å². The topological polar surface area (TPSA) is 111 Å². The summed E-state index contributed by atoms with van der Waals surface area (Å²) in [4.78, 5) is 14.2. The van der Waals surface area contributed by atoms with Crippen molar-refractivity contribution in [2.75, 3.05) is 32.4 Å². The molecule has 0 spiro atoms. The number of ether oxygens (including phenoxy) is 3. The Hall–Kier alpha value is -3.23. The Labute approximate surface area is 237 Å². The Morgan fingerprint density at radius 3 is 2.51 bits per heavy atom. The minimum absolute atomic E-state index is 0.139. The molecule has 1 aliphatic rings. The number of hydrogen-bond acceptors (Lipinski definition) is 9.